The molecule has 0 aromatic carbocycles. The second kappa shape index (κ2) is 22.3. The maximum atomic E-state index is 12.1. The Morgan fingerprint density at radius 1 is 0.727 bits per heavy atom. The van der Waals surface area contributed by atoms with Gasteiger partial charge in [0.2, 0.25) is 11.8 Å². The lowest BCUT2D eigenvalue weighted by Gasteiger charge is -2.20. The van der Waals surface area contributed by atoms with E-state index in [4.69, 9.17) is 18.9 Å². The van der Waals surface area contributed by atoms with Gasteiger partial charge in [-0.1, -0.05) is 27.7 Å². The lowest BCUT2D eigenvalue weighted by Crippen LogP contribution is -2.43. The summed E-state index contributed by atoms with van der Waals surface area (Å²) in [5, 5.41) is 5.67. The predicted octanol–water partition coefficient (Wildman–Crippen LogP) is 2.26. The van der Waals surface area contributed by atoms with Crippen molar-refractivity contribution in [1.29, 1.82) is 0 Å². The van der Waals surface area contributed by atoms with Crippen LogP contribution < -0.4 is 10.6 Å². The molecular weight excluding hydrogens is 428 g/mol. The number of carbonyl (C=O) groups is 3. The van der Waals surface area contributed by atoms with Gasteiger partial charge >= 0.3 is 0 Å². The van der Waals surface area contributed by atoms with E-state index in [0.29, 0.717) is 45.8 Å². The van der Waals surface area contributed by atoms with Crippen molar-refractivity contribution in [2.75, 3.05) is 59.4 Å². The summed E-state index contributed by atoms with van der Waals surface area (Å²) in [4.78, 5) is 35.8. The molecule has 9 nitrogen and oxygen atoms in total. The normalized spacial score (nSPS) is 12.0. The summed E-state index contributed by atoms with van der Waals surface area (Å²) in [5.74, 6) is -0.224. The van der Waals surface area contributed by atoms with Gasteiger partial charge in [0.05, 0.1) is 39.1 Å². The largest absolute Gasteiger partial charge is 0.381 e. The van der Waals surface area contributed by atoms with E-state index in [1.165, 1.54) is 0 Å². The molecule has 9 heteroatoms. The summed E-state index contributed by atoms with van der Waals surface area (Å²) in [6.45, 7) is 11.7. The molecule has 0 bridgehead atoms. The van der Waals surface area contributed by atoms with Crippen molar-refractivity contribution in [2.24, 2.45) is 5.92 Å². The molecule has 0 radical (unpaired) electrons. The number of rotatable bonds is 23. The maximum Gasteiger partial charge on any atom is 0.222 e. The quantitative estimate of drug-likeness (QED) is 0.218. The van der Waals surface area contributed by atoms with E-state index >= 15 is 0 Å². The first kappa shape index (κ1) is 31.4. The molecule has 0 aliphatic heterocycles. The molecule has 0 aromatic rings. The zero-order chi connectivity index (χ0) is 24.7. The van der Waals surface area contributed by atoms with Crippen molar-refractivity contribution in [3.8, 4) is 0 Å². The third-order valence-corrected chi connectivity index (χ3v) is 4.52. The fourth-order valence-corrected chi connectivity index (χ4v) is 2.64. The predicted molar refractivity (Wildman–Crippen MR) is 127 cm³/mol. The molecule has 33 heavy (non-hydrogen) atoms. The molecule has 0 heterocycles. The summed E-state index contributed by atoms with van der Waals surface area (Å²) in [5.41, 5.74) is 0. The zero-order valence-corrected chi connectivity index (χ0v) is 21.1. The van der Waals surface area contributed by atoms with Gasteiger partial charge < -0.3 is 29.6 Å². The van der Waals surface area contributed by atoms with E-state index in [0.717, 1.165) is 25.9 Å². The Hall–Kier alpha value is -1.55. The van der Waals surface area contributed by atoms with Crippen LogP contribution in [0.25, 0.3) is 0 Å². The van der Waals surface area contributed by atoms with E-state index in [2.05, 4.69) is 10.6 Å². The lowest BCUT2D eigenvalue weighted by atomic mass is 10.2. The van der Waals surface area contributed by atoms with E-state index in [1.807, 2.05) is 27.7 Å². The molecule has 2 amide bonds. The van der Waals surface area contributed by atoms with Gasteiger partial charge in [-0.25, -0.2) is 0 Å². The molecule has 1 atom stereocenters. The topological polar surface area (TPSA) is 112 Å². The molecule has 0 saturated heterocycles. The monoisotopic (exact) mass is 474 g/mol. The van der Waals surface area contributed by atoms with Crippen LogP contribution in [0.2, 0.25) is 0 Å². The van der Waals surface area contributed by atoms with Crippen LogP contribution in [-0.4, -0.2) is 83.0 Å². The third-order valence-electron chi connectivity index (χ3n) is 4.52. The highest BCUT2D eigenvalue weighted by atomic mass is 16.5. The number of hydrogen-bond donors (Lipinski definition) is 2. The highest BCUT2D eigenvalue weighted by molar-refractivity contribution is 5.78. The number of ketones is 1. The number of amides is 2. The number of hydrogen-bond acceptors (Lipinski definition) is 7. The second-order valence-corrected chi connectivity index (χ2v) is 8.23. The first-order valence-electron chi connectivity index (χ1n) is 12.3. The fourth-order valence-electron chi connectivity index (χ4n) is 2.64. The van der Waals surface area contributed by atoms with Crippen LogP contribution in [0.3, 0.4) is 0 Å². The Bertz CT molecular complexity index is 481. The SMILES string of the molecule is CCCOCCCC(=O)CCOCC(COCCC(=O)NCCOCCC)NC(=O)C(C)C. The van der Waals surface area contributed by atoms with Gasteiger partial charge in [0.1, 0.15) is 5.78 Å². The number of nitrogens with one attached hydrogen (secondary N) is 2. The van der Waals surface area contributed by atoms with Crippen LogP contribution >= 0.6 is 0 Å². The lowest BCUT2D eigenvalue weighted by molar-refractivity contribution is -0.127. The summed E-state index contributed by atoms with van der Waals surface area (Å²) >= 11 is 0. The molecular formula is C24H46N2O7. The summed E-state index contributed by atoms with van der Waals surface area (Å²) in [6.07, 6.45) is 3.69. The molecule has 0 aliphatic carbocycles. The fraction of sp³-hybridized carbons (Fsp3) is 0.875. The summed E-state index contributed by atoms with van der Waals surface area (Å²) in [7, 11) is 0. The van der Waals surface area contributed by atoms with Gasteiger partial charge in [0.15, 0.2) is 0 Å². The minimum atomic E-state index is -0.344. The molecule has 0 saturated carbocycles. The Balaban J connectivity index is 4.08. The van der Waals surface area contributed by atoms with E-state index < -0.39 is 0 Å². The first-order valence-corrected chi connectivity index (χ1v) is 12.3. The van der Waals surface area contributed by atoms with Crippen LogP contribution in [0.1, 0.15) is 66.2 Å². The van der Waals surface area contributed by atoms with Crippen LogP contribution in [0.5, 0.6) is 0 Å². The van der Waals surface area contributed by atoms with Gasteiger partial charge in [-0.15, -0.1) is 0 Å². The third kappa shape index (κ3) is 20.8. The van der Waals surface area contributed by atoms with Gasteiger partial charge in [-0.05, 0) is 19.3 Å². The van der Waals surface area contributed by atoms with Crippen LogP contribution in [-0.2, 0) is 33.3 Å². The minimum absolute atomic E-state index is 0.0971. The molecule has 0 fully saturated rings. The van der Waals surface area contributed by atoms with Gasteiger partial charge in [-0.3, -0.25) is 14.4 Å². The van der Waals surface area contributed by atoms with Crippen LogP contribution in [0, 0.1) is 5.92 Å². The molecule has 1 unspecified atom stereocenters. The van der Waals surface area contributed by atoms with Crippen molar-refractivity contribution in [3.05, 3.63) is 0 Å². The average Bonchev–Trinajstić information content (AvgIpc) is 2.78. The molecule has 0 rings (SSSR count). The van der Waals surface area contributed by atoms with Crippen molar-refractivity contribution in [1.82, 2.24) is 10.6 Å². The standard InChI is InChI=1S/C24H46N2O7/c1-5-12-30-14-7-8-22(27)9-15-32-18-21(26-24(29)20(3)4)19-33-16-10-23(28)25-11-17-31-13-6-2/h20-21H,5-19H2,1-4H3,(H,25,28)(H,26,29). The molecule has 0 aliphatic rings. The van der Waals surface area contributed by atoms with E-state index in [-0.39, 0.29) is 55.8 Å². The Morgan fingerprint density at radius 3 is 1.94 bits per heavy atom. The smallest absolute Gasteiger partial charge is 0.222 e. The highest BCUT2D eigenvalue weighted by Gasteiger charge is 2.16. The average molecular weight is 475 g/mol. The van der Waals surface area contributed by atoms with Crippen molar-refractivity contribution in [3.63, 3.8) is 0 Å². The van der Waals surface area contributed by atoms with E-state index in [9.17, 15) is 14.4 Å². The number of carbonyl (C=O) groups excluding carboxylic acids is 3. The summed E-state index contributed by atoms with van der Waals surface area (Å²) in [6, 6.07) is -0.344. The molecule has 0 aromatic heterocycles. The minimum Gasteiger partial charge on any atom is -0.381 e. The summed E-state index contributed by atoms with van der Waals surface area (Å²) < 4.78 is 21.9. The molecule has 2 N–H and O–H groups in total. The Kier molecular flexibility index (Phi) is 21.2. The van der Waals surface area contributed by atoms with Gasteiger partial charge in [0, 0.05) is 51.5 Å². The molecule has 194 valence electrons. The highest BCUT2D eigenvalue weighted by Crippen LogP contribution is 2.00. The van der Waals surface area contributed by atoms with Gasteiger partial charge in [0.25, 0.3) is 0 Å². The van der Waals surface area contributed by atoms with Crippen molar-refractivity contribution < 1.29 is 33.3 Å². The Labute approximate surface area is 199 Å². The maximum absolute atomic E-state index is 12.1. The number of ether oxygens (including phenoxy) is 4. The first-order chi connectivity index (χ1) is 15.9. The zero-order valence-electron chi connectivity index (χ0n) is 21.1. The number of Topliss-reactive ketones (excluding diaryl/α,β-unsaturated/α-hetero) is 1. The van der Waals surface area contributed by atoms with Crippen LogP contribution in [0.15, 0.2) is 0 Å². The van der Waals surface area contributed by atoms with E-state index in [1.54, 1.807) is 0 Å². The Morgan fingerprint density at radius 2 is 1.33 bits per heavy atom. The molecule has 0 spiro atoms. The van der Waals surface area contributed by atoms with Crippen molar-refractivity contribution in [2.45, 2.75) is 72.3 Å². The van der Waals surface area contributed by atoms with Gasteiger partial charge in [-0.2, -0.15) is 0 Å². The van der Waals surface area contributed by atoms with Crippen LogP contribution in [0.4, 0.5) is 0 Å². The second-order valence-electron chi connectivity index (χ2n) is 8.23. The van der Waals surface area contributed by atoms with Crippen molar-refractivity contribution >= 4 is 17.6 Å².